The lowest BCUT2D eigenvalue weighted by atomic mass is 10.3. The highest BCUT2D eigenvalue weighted by Gasteiger charge is 2.18. The van der Waals surface area contributed by atoms with Crippen molar-refractivity contribution in [1.29, 1.82) is 0 Å². The summed E-state index contributed by atoms with van der Waals surface area (Å²) in [4.78, 5) is 10.4. The summed E-state index contributed by atoms with van der Waals surface area (Å²) in [5, 5.41) is 8.89. The molecule has 2 atom stereocenters. The Morgan fingerprint density at radius 2 is 2.25 bits per heavy atom. The van der Waals surface area contributed by atoms with Crippen molar-refractivity contribution in [2.24, 2.45) is 0 Å². The monoisotopic (exact) mass is 232 g/mol. The highest BCUT2D eigenvalue weighted by molar-refractivity contribution is 5.81. The number of carbonyl (C=O) groups is 1. The SMILES string of the molecule is C.C=CC(=O)OCC(O)CC.CCC1CO1. The summed E-state index contributed by atoms with van der Waals surface area (Å²) in [6, 6.07) is 0. The van der Waals surface area contributed by atoms with Crippen molar-refractivity contribution in [3.8, 4) is 0 Å². The lowest BCUT2D eigenvalue weighted by molar-refractivity contribution is -0.140. The molecule has 0 aromatic heterocycles. The summed E-state index contributed by atoms with van der Waals surface area (Å²) in [5.74, 6) is -0.493. The Morgan fingerprint density at radius 3 is 2.50 bits per heavy atom. The smallest absolute Gasteiger partial charge is 0.330 e. The highest BCUT2D eigenvalue weighted by atomic mass is 16.6. The number of aliphatic hydroxyl groups excluding tert-OH is 1. The van der Waals surface area contributed by atoms with Crippen LogP contribution in [0.3, 0.4) is 0 Å². The van der Waals surface area contributed by atoms with Crippen LogP contribution >= 0.6 is 0 Å². The van der Waals surface area contributed by atoms with Crippen LogP contribution in [0.5, 0.6) is 0 Å². The molecule has 1 saturated heterocycles. The predicted molar refractivity (Wildman–Crippen MR) is 64.2 cm³/mol. The number of aliphatic hydroxyl groups is 1. The zero-order valence-corrected chi connectivity index (χ0v) is 9.44. The first-order chi connectivity index (χ1) is 7.13. The first-order valence-corrected chi connectivity index (χ1v) is 5.22. The molecule has 0 bridgehead atoms. The second-order valence-electron chi connectivity index (χ2n) is 3.26. The fourth-order valence-electron chi connectivity index (χ4n) is 0.659. The minimum absolute atomic E-state index is 0. The van der Waals surface area contributed by atoms with E-state index in [2.05, 4.69) is 18.2 Å². The molecule has 2 unspecified atom stereocenters. The Labute approximate surface area is 98.3 Å². The van der Waals surface area contributed by atoms with Gasteiger partial charge in [-0.2, -0.15) is 0 Å². The molecule has 1 aliphatic heterocycles. The van der Waals surface area contributed by atoms with Gasteiger partial charge in [0.05, 0.1) is 18.8 Å². The molecule has 0 aromatic rings. The van der Waals surface area contributed by atoms with Gasteiger partial charge in [0.1, 0.15) is 6.61 Å². The Hall–Kier alpha value is -0.870. The van der Waals surface area contributed by atoms with E-state index < -0.39 is 12.1 Å². The Balaban J connectivity index is 0. The molecule has 0 saturated carbocycles. The minimum atomic E-state index is -0.552. The quantitative estimate of drug-likeness (QED) is 0.447. The summed E-state index contributed by atoms with van der Waals surface area (Å²) in [7, 11) is 0. The number of esters is 1. The maximum absolute atomic E-state index is 10.4. The molecule has 1 fully saturated rings. The molecule has 0 aromatic carbocycles. The number of epoxide rings is 1. The molecule has 4 nitrogen and oxygen atoms in total. The normalized spacial score (nSPS) is 18.3. The van der Waals surface area contributed by atoms with Gasteiger partial charge in [-0.1, -0.05) is 27.9 Å². The summed E-state index contributed by atoms with van der Waals surface area (Å²) in [6.07, 6.45) is 2.94. The van der Waals surface area contributed by atoms with Crippen LogP contribution in [-0.4, -0.2) is 36.5 Å². The van der Waals surface area contributed by atoms with Crippen molar-refractivity contribution in [3.05, 3.63) is 12.7 Å². The largest absolute Gasteiger partial charge is 0.460 e. The van der Waals surface area contributed by atoms with Gasteiger partial charge < -0.3 is 14.6 Å². The maximum atomic E-state index is 10.4. The number of carbonyl (C=O) groups excluding carboxylic acids is 1. The first-order valence-electron chi connectivity index (χ1n) is 5.22. The molecular formula is C12H24O4. The third kappa shape index (κ3) is 11.2. The third-order valence-electron chi connectivity index (χ3n) is 1.91. The zero-order valence-electron chi connectivity index (χ0n) is 9.44. The van der Waals surface area contributed by atoms with E-state index in [1.54, 1.807) is 0 Å². The molecule has 96 valence electrons. The number of rotatable bonds is 5. The maximum Gasteiger partial charge on any atom is 0.330 e. The van der Waals surface area contributed by atoms with Crippen LogP contribution in [0, 0.1) is 0 Å². The molecule has 1 rings (SSSR count). The second-order valence-corrected chi connectivity index (χ2v) is 3.26. The van der Waals surface area contributed by atoms with Gasteiger partial charge in [-0.3, -0.25) is 0 Å². The molecule has 1 N–H and O–H groups in total. The summed E-state index contributed by atoms with van der Waals surface area (Å²) >= 11 is 0. The molecule has 0 aliphatic carbocycles. The standard InChI is InChI=1S/C7H12O3.C4H8O.CH4/c1-3-6(8)5-10-7(9)4-2;1-2-4-3-5-4;/h4,6,8H,2-3,5H2,1H3;4H,2-3H2,1H3;1H4. The van der Waals surface area contributed by atoms with Gasteiger partial charge in [-0.25, -0.2) is 4.79 Å². The van der Waals surface area contributed by atoms with Crippen LogP contribution < -0.4 is 0 Å². The van der Waals surface area contributed by atoms with Crippen LogP contribution in [0.25, 0.3) is 0 Å². The summed E-state index contributed by atoms with van der Waals surface area (Å²) < 4.78 is 9.39. The molecule has 16 heavy (non-hydrogen) atoms. The predicted octanol–water partition coefficient (Wildman–Crippen LogP) is 1.92. The van der Waals surface area contributed by atoms with Gasteiger partial charge in [0, 0.05) is 6.08 Å². The van der Waals surface area contributed by atoms with Crippen molar-refractivity contribution in [1.82, 2.24) is 0 Å². The van der Waals surface area contributed by atoms with Crippen LogP contribution in [0.4, 0.5) is 0 Å². The highest BCUT2D eigenvalue weighted by Crippen LogP contribution is 2.10. The van der Waals surface area contributed by atoms with Gasteiger partial charge in [-0.05, 0) is 12.8 Å². The lowest BCUT2D eigenvalue weighted by Crippen LogP contribution is -2.16. The van der Waals surface area contributed by atoms with E-state index in [9.17, 15) is 4.79 Å². The van der Waals surface area contributed by atoms with E-state index in [4.69, 9.17) is 9.84 Å². The molecule has 1 aliphatic rings. The molecule has 0 amide bonds. The lowest BCUT2D eigenvalue weighted by Gasteiger charge is -2.05. The summed E-state index contributed by atoms with van der Waals surface area (Å²) in [6.45, 7) is 8.22. The van der Waals surface area contributed by atoms with E-state index in [0.29, 0.717) is 12.5 Å². The van der Waals surface area contributed by atoms with Crippen LogP contribution in [0.1, 0.15) is 34.1 Å². The van der Waals surface area contributed by atoms with Crippen LogP contribution in [-0.2, 0) is 14.3 Å². The van der Waals surface area contributed by atoms with Gasteiger partial charge in [0.25, 0.3) is 0 Å². The molecule has 1 heterocycles. The first kappa shape index (κ1) is 17.5. The Bertz CT molecular complexity index is 187. The number of hydrogen-bond acceptors (Lipinski definition) is 4. The molecule has 0 spiro atoms. The van der Waals surface area contributed by atoms with E-state index in [1.165, 1.54) is 6.42 Å². The fourth-order valence-corrected chi connectivity index (χ4v) is 0.659. The average molecular weight is 232 g/mol. The molecule has 4 heteroatoms. The van der Waals surface area contributed by atoms with Crippen molar-refractivity contribution in [2.45, 2.75) is 46.3 Å². The van der Waals surface area contributed by atoms with Crippen LogP contribution in [0.2, 0.25) is 0 Å². The second kappa shape index (κ2) is 10.6. The van der Waals surface area contributed by atoms with Gasteiger partial charge in [-0.15, -0.1) is 0 Å². The summed E-state index contributed by atoms with van der Waals surface area (Å²) in [5.41, 5.74) is 0. The Morgan fingerprint density at radius 1 is 1.69 bits per heavy atom. The van der Waals surface area contributed by atoms with Gasteiger partial charge >= 0.3 is 5.97 Å². The number of ether oxygens (including phenoxy) is 2. The fraction of sp³-hybridized carbons (Fsp3) is 0.750. The van der Waals surface area contributed by atoms with E-state index >= 15 is 0 Å². The van der Waals surface area contributed by atoms with Crippen molar-refractivity contribution < 1.29 is 19.4 Å². The average Bonchev–Trinajstić information content (AvgIpc) is 3.09. The molecular weight excluding hydrogens is 208 g/mol. The Kier molecular flexibility index (Phi) is 11.7. The number of hydrogen-bond donors (Lipinski definition) is 1. The van der Waals surface area contributed by atoms with Crippen molar-refractivity contribution >= 4 is 5.97 Å². The third-order valence-corrected chi connectivity index (χ3v) is 1.91. The minimum Gasteiger partial charge on any atom is -0.460 e. The van der Waals surface area contributed by atoms with E-state index in [1.807, 2.05) is 6.92 Å². The van der Waals surface area contributed by atoms with Crippen molar-refractivity contribution in [3.63, 3.8) is 0 Å². The van der Waals surface area contributed by atoms with Gasteiger partial charge in [0.2, 0.25) is 0 Å². The topological polar surface area (TPSA) is 59.1 Å². The van der Waals surface area contributed by atoms with E-state index in [0.717, 1.165) is 12.7 Å². The van der Waals surface area contributed by atoms with Gasteiger partial charge in [0.15, 0.2) is 0 Å². The molecule has 0 radical (unpaired) electrons. The zero-order chi connectivity index (χ0) is 11.7. The van der Waals surface area contributed by atoms with Crippen LogP contribution in [0.15, 0.2) is 12.7 Å². The van der Waals surface area contributed by atoms with Crippen molar-refractivity contribution in [2.75, 3.05) is 13.2 Å². The van der Waals surface area contributed by atoms with E-state index in [-0.39, 0.29) is 14.0 Å².